The van der Waals surface area contributed by atoms with Crippen LogP contribution in [-0.2, 0) is 0 Å². The summed E-state index contributed by atoms with van der Waals surface area (Å²) in [6.07, 6.45) is 5.99. The number of hydrogen-bond acceptors (Lipinski definition) is 3. The molecule has 18 heavy (non-hydrogen) atoms. The Hall–Kier alpha value is 0.270. The molecule has 0 saturated carbocycles. The lowest BCUT2D eigenvalue weighted by Crippen LogP contribution is -2.50. The van der Waals surface area contributed by atoms with Crippen LogP contribution in [0, 0.1) is 0 Å². The molecule has 0 aromatic rings. The minimum absolute atomic E-state index is 0.216. The number of likely N-dealkylation sites (N-methyl/N-ethyl adjacent to an activating group) is 1. The van der Waals surface area contributed by atoms with Gasteiger partial charge in [0.15, 0.2) is 0 Å². The molecule has 0 rings (SSSR count). The van der Waals surface area contributed by atoms with Crippen molar-refractivity contribution in [2.75, 3.05) is 25.6 Å². The average molecular weight is 275 g/mol. The molecule has 0 spiro atoms. The van der Waals surface area contributed by atoms with Gasteiger partial charge in [0.2, 0.25) is 0 Å². The van der Waals surface area contributed by atoms with Gasteiger partial charge in [-0.25, -0.2) is 0 Å². The molecule has 2 nitrogen and oxygen atoms in total. The summed E-state index contributed by atoms with van der Waals surface area (Å²) in [5, 5.41) is 3.66. The van der Waals surface area contributed by atoms with Crippen molar-refractivity contribution in [3.8, 4) is 0 Å². The zero-order chi connectivity index (χ0) is 14.2. The second-order valence-electron chi connectivity index (χ2n) is 6.26. The SMILES string of the molecule is CCCC(CNC(C)(C)C)N(C)C(CC)CSC. The summed E-state index contributed by atoms with van der Waals surface area (Å²) in [6.45, 7) is 12.4. The number of hydrogen-bond donors (Lipinski definition) is 1. The largest absolute Gasteiger partial charge is 0.311 e. The fraction of sp³-hybridized carbons (Fsp3) is 1.00. The van der Waals surface area contributed by atoms with Gasteiger partial charge in [0.25, 0.3) is 0 Å². The molecule has 0 aromatic heterocycles. The van der Waals surface area contributed by atoms with Crippen LogP contribution in [0.2, 0.25) is 0 Å². The van der Waals surface area contributed by atoms with Crippen LogP contribution in [0.1, 0.15) is 53.9 Å². The summed E-state index contributed by atoms with van der Waals surface area (Å²) in [6, 6.07) is 1.37. The Balaban J connectivity index is 4.45. The topological polar surface area (TPSA) is 15.3 Å². The van der Waals surface area contributed by atoms with Gasteiger partial charge in [-0.05, 0) is 46.9 Å². The van der Waals surface area contributed by atoms with E-state index >= 15 is 0 Å². The van der Waals surface area contributed by atoms with Gasteiger partial charge in [0, 0.05) is 29.9 Å². The van der Waals surface area contributed by atoms with E-state index in [0.29, 0.717) is 12.1 Å². The van der Waals surface area contributed by atoms with Gasteiger partial charge in [-0.1, -0.05) is 20.3 Å². The zero-order valence-electron chi connectivity index (χ0n) is 13.5. The maximum Gasteiger partial charge on any atom is 0.0220 e. The molecule has 1 N–H and O–H groups in total. The smallest absolute Gasteiger partial charge is 0.0220 e. The molecule has 0 radical (unpaired) electrons. The summed E-state index contributed by atoms with van der Waals surface area (Å²) in [4.78, 5) is 2.60. The van der Waals surface area contributed by atoms with E-state index in [0.717, 1.165) is 6.54 Å². The molecule has 0 fully saturated rings. The van der Waals surface area contributed by atoms with Crippen molar-refractivity contribution < 1.29 is 0 Å². The Bertz CT molecular complexity index is 201. The van der Waals surface area contributed by atoms with E-state index in [1.165, 1.54) is 25.0 Å². The molecule has 0 heterocycles. The van der Waals surface area contributed by atoms with Crippen molar-refractivity contribution in [2.45, 2.75) is 71.5 Å². The Morgan fingerprint density at radius 3 is 2.17 bits per heavy atom. The van der Waals surface area contributed by atoms with Gasteiger partial charge in [-0.15, -0.1) is 0 Å². The van der Waals surface area contributed by atoms with Gasteiger partial charge in [0.05, 0.1) is 0 Å². The molecule has 0 bridgehead atoms. The maximum absolute atomic E-state index is 3.66. The lowest BCUT2D eigenvalue weighted by atomic mass is 10.0. The molecule has 0 aliphatic rings. The van der Waals surface area contributed by atoms with Gasteiger partial charge >= 0.3 is 0 Å². The first-order valence-corrected chi connectivity index (χ1v) is 8.71. The summed E-state index contributed by atoms with van der Waals surface area (Å²) in [5.74, 6) is 1.24. The van der Waals surface area contributed by atoms with Crippen molar-refractivity contribution >= 4 is 11.8 Å². The molecule has 2 unspecified atom stereocenters. The summed E-state index contributed by atoms with van der Waals surface area (Å²) < 4.78 is 0. The Kier molecular flexibility index (Phi) is 9.36. The molecule has 2 atom stereocenters. The molecule has 0 amide bonds. The lowest BCUT2D eigenvalue weighted by Gasteiger charge is -2.36. The highest BCUT2D eigenvalue weighted by Crippen LogP contribution is 2.15. The monoisotopic (exact) mass is 274 g/mol. The first-order chi connectivity index (χ1) is 8.35. The Labute approximate surface area is 119 Å². The van der Waals surface area contributed by atoms with Crippen LogP contribution in [0.25, 0.3) is 0 Å². The summed E-state index contributed by atoms with van der Waals surface area (Å²) >= 11 is 1.96. The molecule has 3 heteroatoms. The van der Waals surface area contributed by atoms with E-state index in [-0.39, 0.29) is 5.54 Å². The first-order valence-electron chi connectivity index (χ1n) is 7.31. The normalized spacial score (nSPS) is 16.0. The predicted molar refractivity (Wildman–Crippen MR) is 86.7 cm³/mol. The molecule has 0 aliphatic heterocycles. The molecule has 0 saturated heterocycles. The van der Waals surface area contributed by atoms with E-state index in [2.05, 4.69) is 58.1 Å². The molecular formula is C15H34N2S. The van der Waals surface area contributed by atoms with Crippen LogP contribution in [0.5, 0.6) is 0 Å². The maximum atomic E-state index is 3.66. The lowest BCUT2D eigenvalue weighted by molar-refractivity contribution is 0.161. The van der Waals surface area contributed by atoms with Crippen LogP contribution in [0.4, 0.5) is 0 Å². The third kappa shape index (κ3) is 7.65. The minimum atomic E-state index is 0.216. The van der Waals surface area contributed by atoms with Crippen LogP contribution in [0.15, 0.2) is 0 Å². The second kappa shape index (κ2) is 9.22. The van der Waals surface area contributed by atoms with Crippen molar-refractivity contribution in [1.29, 1.82) is 0 Å². The van der Waals surface area contributed by atoms with Crippen LogP contribution in [0.3, 0.4) is 0 Å². The van der Waals surface area contributed by atoms with Crippen LogP contribution < -0.4 is 5.32 Å². The van der Waals surface area contributed by atoms with Crippen molar-refractivity contribution in [2.24, 2.45) is 0 Å². The Morgan fingerprint density at radius 2 is 1.78 bits per heavy atom. The van der Waals surface area contributed by atoms with Crippen LogP contribution in [-0.4, -0.2) is 48.1 Å². The van der Waals surface area contributed by atoms with Crippen LogP contribution >= 0.6 is 11.8 Å². The van der Waals surface area contributed by atoms with Gasteiger partial charge in [-0.2, -0.15) is 11.8 Å². The van der Waals surface area contributed by atoms with E-state index in [4.69, 9.17) is 0 Å². The third-order valence-electron chi connectivity index (χ3n) is 3.47. The van der Waals surface area contributed by atoms with E-state index in [1.54, 1.807) is 0 Å². The number of thioether (sulfide) groups is 1. The first kappa shape index (κ1) is 18.3. The third-order valence-corrected chi connectivity index (χ3v) is 4.19. The standard InChI is InChI=1S/C15H34N2S/c1-8-10-14(11-16-15(3,4)5)17(6)13(9-2)12-18-7/h13-14,16H,8-12H2,1-7H3. The van der Waals surface area contributed by atoms with E-state index < -0.39 is 0 Å². The van der Waals surface area contributed by atoms with Gasteiger partial charge in [0.1, 0.15) is 0 Å². The summed E-state index contributed by atoms with van der Waals surface area (Å²) in [7, 11) is 2.30. The molecule has 110 valence electrons. The molecule has 0 aliphatic carbocycles. The highest BCUT2D eigenvalue weighted by atomic mass is 32.2. The summed E-state index contributed by atoms with van der Waals surface area (Å²) in [5.41, 5.74) is 0.216. The van der Waals surface area contributed by atoms with Crippen molar-refractivity contribution in [3.63, 3.8) is 0 Å². The van der Waals surface area contributed by atoms with E-state index in [1.807, 2.05) is 11.8 Å². The number of nitrogens with one attached hydrogen (secondary N) is 1. The molecule has 0 aromatic carbocycles. The van der Waals surface area contributed by atoms with Crippen molar-refractivity contribution in [1.82, 2.24) is 10.2 Å². The second-order valence-corrected chi connectivity index (χ2v) is 7.17. The zero-order valence-corrected chi connectivity index (χ0v) is 14.4. The predicted octanol–water partition coefficient (Wildman–Crippen LogP) is 3.62. The minimum Gasteiger partial charge on any atom is -0.311 e. The fourth-order valence-electron chi connectivity index (χ4n) is 2.22. The fourth-order valence-corrected chi connectivity index (χ4v) is 3.08. The highest BCUT2D eigenvalue weighted by Gasteiger charge is 2.22. The Morgan fingerprint density at radius 1 is 1.17 bits per heavy atom. The van der Waals surface area contributed by atoms with E-state index in [9.17, 15) is 0 Å². The quantitative estimate of drug-likeness (QED) is 0.691. The number of rotatable bonds is 9. The number of nitrogens with zero attached hydrogens (tertiary/aromatic N) is 1. The average Bonchev–Trinajstić information content (AvgIpc) is 2.29. The molecular weight excluding hydrogens is 240 g/mol. The van der Waals surface area contributed by atoms with Gasteiger partial charge < -0.3 is 5.32 Å². The van der Waals surface area contributed by atoms with Gasteiger partial charge in [-0.3, -0.25) is 4.90 Å². The van der Waals surface area contributed by atoms with Crippen molar-refractivity contribution in [3.05, 3.63) is 0 Å². The highest BCUT2D eigenvalue weighted by molar-refractivity contribution is 7.98.